The summed E-state index contributed by atoms with van der Waals surface area (Å²) in [7, 11) is 1.66. The summed E-state index contributed by atoms with van der Waals surface area (Å²) in [6, 6.07) is -0.0255. The van der Waals surface area contributed by atoms with Gasteiger partial charge in [-0.05, 0) is 18.2 Å². The molecule has 1 atom stereocenters. The third-order valence-corrected chi connectivity index (χ3v) is 2.35. The van der Waals surface area contributed by atoms with Crippen molar-refractivity contribution in [2.24, 2.45) is 7.05 Å². The molecular weight excluding hydrogens is 263 g/mol. The van der Waals surface area contributed by atoms with Gasteiger partial charge in [-0.25, -0.2) is 0 Å². The Kier molecular flexibility index (Phi) is 6.16. The van der Waals surface area contributed by atoms with Crippen LogP contribution in [0.25, 0.3) is 0 Å². The van der Waals surface area contributed by atoms with Crippen LogP contribution in [0.1, 0.15) is 19.2 Å². The van der Waals surface area contributed by atoms with Crippen molar-refractivity contribution >= 4 is 0 Å². The van der Waals surface area contributed by atoms with E-state index in [1.165, 1.54) is 4.80 Å². The van der Waals surface area contributed by atoms with Crippen LogP contribution in [0, 0.1) is 0 Å². The average Bonchev–Trinajstić information content (AvgIpc) is 2.69. The van der Waals surface area contributed by atoms with E-state index >= 15 is 0 Å². The molecule has 1 aromatic heterocycles. The van der Waals surface area contributed by atoms with Crippen LogP contribution in [0.5, 0.6) is 0 Å². The Hall–Kier alpha value is -1.22. The normalized spacial score (nSPS) is 13.7. The van der Waals surface area contributed by atoms with E-state index in [1.807, 2.05) is 6.92 Å². The Morgan fingerprint density at radius 3 is 2.68 bits per heavy atom. The van der Waals surface area contributed by atoms with E-state index in [2.05, 4.69) is 25.5 Å². The molecule has 0 aliphatic carbocycles. The van der Waals surface area contributed by atoms with Crippen molar-refractivity contribution in [3.05, 3.63) is 5.82 Å². The van der Waals surface area contributed by atoms with E-state index in [1.54, 1.807) is 7.05 Å². The molecule has 1 rings (SSSR count). The van der Waals surface area contributed by atoms with E-state index < -0.39 is 12.8 Å². The van der Waals surface area contributed by atoms with Gasteiger partial charge in [-0.1, -0.05) is 6.92 Å². The van der Waals surface area contributed by atoms with Crippen LogP contribution < -0.4 is 5.32 Å². The molecule has 0 saturated carbocycles. The summed E-state index contributed by atoms with van der Waals surface area (Å²) in [4.78, 5) is 1.35. The van der Waals surface area contributed by atoms with Gasteiger partial charge in [0.15, 0.2) is 5.82 Å². The summed E-state index contributed by atoms with van der Waals surface area (Å²) >= 11 is 0. The number of halogens is 3. The van der Waals surface area contributed by atoms with Gasteiger partial charge in [-0.2, -0.15) is 18.0 Å². The van der Waals surface area contributed by atoms with Crippen LogP contribution in [0.15, 0.2) is 0 Å². The first-order chi connectivity index (χ1) is 8.90. The maximum atomic E-state index is 11.9. The second-order valence-electron chi connectivity index (χ2n) is 4.11. The number of alkyl halides is 3. The number of tetrazole rings is 1. The maximum Gasteiger partial charge on any atom is 0.411 e. The SMILES string of the molecule is CCNC(CCOCC(F)(F)F)Cc1nnn(C)n1. The fraction of sp³-hybridized carbons (Fsp3) is 0.900. The molecule has 0 radical (unpaired) electrons. The lowest BCUT2D eigenvalue weighted by Crippen LogP contribution is -2.33. The number of nitrogens with one attached hydrogen (secondary N) is 1. The van der Waals surface area contributed by atoms with Gasteiger partial charge in [0.2, 0.25) is 0 Å². The van der Waals surface area contributed by atoms with Crippen LogP contribution in [0.3, 0.4) is 0 Å². The summed E-state index contributed by atoms with van der Waals surface area (Å²) in [5.41, 5.74) is 0. The molecule has 1 N–H and O–H groups in total. The lowest BCUT2D eigenvalue weighted by Gasteiger charge is -2.16. The zero-order valence-corrected chi connectivity index (χ0v) is 10.9. The third kappa shape index (κ3) is 7.06. The Morgan fingerprint density at radius 1 is 1.42 bits per heavy atom. The molecule has 1 aromatic rings. The van der Waals surface area contributed by atoms with Gasteiger partial charge in [0.25, 0.3) is 0 Å². The van der Waals surface area contributed by atoms with Crippen LogP contribution in [0.2, 0.25) is 0 Å². The number of hydrogen-bond donors (Lipinski definition) is 1. The van der Waals surface area contributed by atoms with E-state index in [0.717, 1.165) is 0 Å². The number of aromatic nitrogens is 4. The highest BCUT2D eigenvalue weighted by atomic mass is 19.4. The van der Waals surface area contributed by atoms with Gasteiger partial charge < -0.3 is 10.1 Å². The number of aryl methyl sites for hydroxylation is 1. The summed E-state index contributed by atoms with van der Waals surface area (Å²) < 4.78 is 40.3. The molecule has 0 aliphatic rings. The van der Waals surface area contributed by atoms with Crippen molar-refractivity contribution < 1.29 is 17.9 Å². The lowest BCUT2D eigenvalue weighted by molar-refractivity contribution is -0.174. The smallest absolute Gasteiger partial charge is 0.372 e. The molecule has 0 aliphatic heterocycles. The molecule has 6 nitrogen and oxygen atoms in total. The van der Waals surface area contributed by atoms with Crippen molar-refractivity contribution in [2.45, 2.75) is 32.0 Å². The highest BCUT2D eigenvalue weighted by Crippen LogP contribution is 2.14. The van der Waals surface area contributed by atoms with Gasteiger partial charge in [0.1, 0.15) is 6.61 Å². The van der Waals surface area contributed by atoms with E-state index in [-0.39, 0.29) is 12.6 Å². The fourth-order valence-corrected chi connectivity index (χ4v) is 1.60. The predicted octanol–water partition coefficient (Wildman–Crippen LogP) is 0.700. The zero-order valence-electron chi connectivity index (χ0n) is 10.9. The Balaban J connectivity index is 2.32. The zero-order chi connectivity index (χ0) is 14.3. The minimum Gasteiger partial charge on any atom is -0.372 e. The quantitative estimate of drug-likeness (QED) is 0.711. The van der Waals surface area contributed by atoms with Crippen molar-refractivity contribution in [2.75, 3.05) is 19.8 Å². The van der Waals surface area contributed by atoms with Gasteiger partial charge in [0, 0.05) is 19.1 Å². The summed E-state index contributed by atoms with van der Waals surface area (Å²) in [6.07, 6.45) is -3.31. The molecule has 19 heavy (non-hydrogen) atoms. The van der Waals surface area contributed by atoms with Crippen molar-refractivity contribution in [1.29, 1.82) is 0 Å². The molecule has 9 heteroatoms. The molecule has 0 fully saturated rings. The van der Waals surface area contributed by atoms with Gasteiger partial charge in [-0.3, -0.25) is 0 Å². The summed E-state index contributed by atoms with van der Waals surface area (Å²) in [5.74, 6) is 0.560. The van der Waals surface area contributed by atoms with Crippen molar-refractivity contribution in [3.8, 4) is 0 Å². The lowest BCUT2D eigenvalue weighted by atomic mass is 10.1. The predicted molar refractivity (Wildman–Crippen MR) is 61.5 cm³/mol. The molecule has 110 valence electrons. The topological polar surface area (TPSA) is 64.9 Å². The molecule has 0 amide bonds. The number of nitrogens with zero attached hydrogens (tertiary/aromatic N) is 4. The first kappa shape index (κ1) is 15.8. The van der Waals surface area contributed by atoms with Crippen LogP contribution >= 0.6 is 0 Å². The Bertz CT molecular complexity index is 368. The Labute approximate surface area is 109 Å². The van der Waals surface area contributed by atoms with E-state index in [0.29, 0.717) is 25.2 Å². The van der Waals surface area contributed by atoms with Gasteiger partial charge in [-0.15, -0.1) is 10.2 Å². The van der Waals surface area contributed by atoms with Crippen LogP contribution in [-0.4, -0.2) is 52.2 Å². The fourth-order valence-electron chi connectivity index (χ4n) is 1.60. The van der Waals surface area contributed by atoms with Crippen molar-refractivity contribution in [1.82, 2.24) is 25.5 Å². The number of ether oxygens (including phenoxy) is 1. The maximum absolute atomic E-state index is 11.9. The third-order valence-electron chi connectivity index (χ3n) is 2.35. The highest BCUT2D eigenvalue weighted by molar-refractivity contribution is 4.84. The minimum atomic E-state index is -4.28. The summed E-state index contributed by atoms with van der Waals surface area (Å²) in [5, 5.41) is 14.7. The standard InChI is InChI=1S/C10H18F3N5O/c1-3-14-8(4-5-19-7-10(11,12)13)6-9-15-17-18(2)16-9/h8,14H,3-7H2,1-2H3. The van der Waals surface area contributed by atoms with Gasteiger partial charge in [0.05, 0.1) is 7.05 Å². The van der Waals surface area contributed by atoms with Crippen LogP contribution in [0.4, 0.5) is 13.2 Å². The molecule has 0 saturated heterocycles. The van der Waals surface area contributed by atoms with E-state index in [9.17, 15) is 13.2 Å². The molecule has 0 bridgehead atoms. The molecule has 1 heterocycles. The van der Waals surface area contributed by atoms with E-state index in [4.69, 9.17) is 0 Å². The number of hydrogen-bond acceptors (Lipinski definition) is 5. The monoisotopic (exact) mass is 281 g/mol. The second-order valence-corrected chi connectivity index (χ2v) is 4.11. The first-order valence-electron chi connectivity index (χ1n) is 6.01. The van der Waals surface area contributed by atoms with Gasteiger partial charge >= 0.3 is 6.18 Å². The Morgan fingerprint density at radius 2 is 2.16 bits per heavy atom. The molecular formula is C10H18F3N5O. The number of likely N-dealkylation sites (N-methyl/N-ethyl adjacent to an activating group) is 1. The molecule has 0 spiro atoms. The van der Waals surface area contributed by atoms with Crippen LogP contribution in [-0.2, 0) is 18.2 Å². The minimum absolute atomic E-state index is 0.0255. The molecule has 0 aromatic carbocycles. The largest absolute Gasteiger partial charge is 0.411 e. The van der Waals surface area contributed by atoms with Crippen molar-refractivity contribution in [3.63, 3.8) is 0 Å². The number of rotatable bonds is 8. The second kappa shape index (κ2) is 7.39. The first-order valence-corrected chi connectivity index (χ1v) is 6.01. The average molecular weight is 281 g/mol. The molecule has 1 unspecified atom stereocenters. The summed E-state index contributed by atoms with van der Waals surface area (Å²) in [6.45, 7) is 1.46. The highest BCUT2D eigenvalue weighted by Gasteiger charge is 2.27.